The molecule has 0 saturated heterocycles. The van der Waals surface area contributed by atoms with Crippen LogP contribution in [0.5, 0.6) is 0 Å². The average molecular weight is 198 g/mol. The molecule has 3 heteroatoms. The smallest absolute Gasteiger partial charge is 0.126 e. The van der Waals surface area contributed by atoms with E-state index in [1.807, 2.05) is 6.92 Å². The van der Waals surface area contributed by atoms with Crippen LogP contribution < -0.4 is 0 Å². The van der Waals surface area contributed by atoms with E-state index < -0.39 is 17.7 Å². The Labute approximate surface area is 81.4 Å². The Morgan fingerprint density at radius 2 is 1.79 bits per heavy atom. The summed E-state index contributed by atoms with van der Waals surface area (Å²) in [6.07, 6.45) is 0.203. The molecule has 1 saturated carbocycles. The zero-order chi connectivity index (χ0) is 10.3. The number of halogens is 2. The molecule has 0 aliphatic heterocycles. The third-order valence-corrected chi connectivity index (χ3v) is 2.80. The van der Waals surface area contributed by atoms with Crippen molar-refractivity contribution in [3.8, 4) is 0 Å². The van der Waals surface area contributed by atoms with Crippen LogP contribution in [0.3, 0.4) is 0 Å². The van der Waals surface area contributed by atoms with E-state index in [1.165, 1.54) is 12.1 Å². The molecule has 76 valence electrons. The van der Waals surface area contributed by atoms with Crippen LogP contribution in [-0.4, -0.2) is 5.11 Å². The Bertz CT molecular complexity index is 331. The molecule has 0 amide bonds. The van der Waals surface area contributed by atoms with Crippen molar-refractivity contribution in [2.75, 3.05) is 0 Å². The zero-order valence-corrected chi connectivity index (χ0v) is 7.87. The van der Waals surface area contributed by atoms with E-state index in [0.717, 1.165) is 12.5 Å². The summed E-state index contributed by atoms with van der Waals surface area (Å²) in [4.78, 5) is 0. The van der Waals surface area contributed by atoms with Crippen LogP contribution in [0.1, 0.15) is 25.0 Å². The summed E-state index contributed by atoms with van der Waals surface area (Å²) < 4.78 is 25.6. The van der Waals surface area contributed by atoms with Crippen LogP contribution in [0.15, 0.2) is 18.2 Å². The molecule has 14 heavy (non-hydrogen) atoms. The summed E-state index contributed by atoms with van der Waals surface area (Å²) in [5.74, 6) is -0.646. The molecule has 1 aromatic carbocycles. The van der Waals surface area contributed by atoms with Crippen molar-refractivity contribution in [2.24, 2.45) is 11.8 Å². The first kappa shape index (κ1) is 9.59. The standard InChI is InChI=1S/C11H12F2O/c1-6-2-10(6)11(14)7-3-8(12)5-9(13)4-7/h3-6,10-11,14H,2H2,1H3. The molecule has 3 atom stereocenters. The Morgan fingerprint density at radius 1 is 1.29 bits per heavy atom. The molecule has 1 aliphatic rings. The Balaban J connectivity index is 2.23. The second-order valence-corrected chi connectivity index (χ2v) is 4.02. The van der Waals surface area contributed by atoms with Gasteiger partial charge in [0, 0.05) is 6.07 Å². The fourth-order valence-electron chi connectivity index (χ4n) is 1.78. The maximum absolute atomic E-state index is 12.8. The minimum atomic E-state index is -0.727. The monoisotopic (exact) mass is 198 g/mol. The normalized spacial score (nSPS) is 27.4. The second-order valence-electron chi connectivity index (χ2n) is 4.02. The fraction of sp³-hybridized carbons (Fsp3) is 0.455. The number of rotatable bonds is 2. The van der Waals surface area contributed by atoms with Gasteiger partial charge in [0.05, 0.1) is 6.10 Å². The first-order valence-corrected chi connectivity index (χ1v) is 4.72. The maximum atomic E-state index is 12.8. The van der Waals surface area contributed by atoms with E-state index in [9.17, 15) is 13.9 Å². The molecule has 0 aromatic heterocycles. The third kappa shape index (κ3) is 1.77. The van der Waals surface area contributed by atoms with E-state index in [4.69, 9.17) is 0 Å². The minimum Gasteiger partial charge on any atom is -0.388 e. The van der Waals surface area contributed by atoms with Crippen molar-refractivity contribution in [1.82, 2.24) is 0 Å². The van der Waals surface area contributed by atoms with E-state index in [1.54, 1.807) is 0 Å². The Hall–Kier alpha value is -0.960. The number of hydrogen-bond acceptors (Lipinski definition) is 1. The van der Waals surface area contributed by atoms with Gasteiger partial charge in [0.2, 0.25) is 0 Å². The summed E-state index contributed by atoms with van der Waals surface area (Å²) in [7, 11) is 0. The molecule has 0 spiro atoms. The number of aliphatic hydroxyl groups is 1. The lowest BCUT2D eigenvalue weighted by Crippen LogP contribution is -2.02. The van der Waals surface area contributed by atoms with Gasteiger partial charge in [-0.25, -0.2) is 8.78 Å². The number of hydrogen-bond donors (Lipinski definition) is 1. The lowest BCUT2D eigenvalue weighted by molar-refractivity contribution is 0.147. The molecule has 0 bridgehead atoms. The van der Waals surface area contributed by atoms with Gasteiger partial charge in [-0.1, -0.05) is 6.92 Å². The van der Waals surface area contributed by atoms with E-state index >= 15 is 0 Å². The molecule has 1 aliphatic carbocycles. The highest BCUT2D eigenvalue weighted by Gasteiger charge is 2.39. The van der Waals surface area contributed by atoms with Crippen LogP contribution in [0, 0.1) is 23.5 Å². The second kappa shape index (κ2) is 3.31. The molecule has 0 heterocycles. The van der Waals surface area contributed by atoms with Crippen molar-refractivity contribution in [3.05, 3.63) is 35.4 Å². The topological polar surface area (TPSA) is 20.2 Å². The van der Waals surface area contributed by atoms with Gasteiger partial charge < -0.3 is 5.11 Å². The summed E-state index contributed by atoms with van der Waals surface area (Å²) in [6, 6.07) is 3.20. The molecule has 2 rings (SSSR count). The van der Waals surface area contributed by atoms with Crippen molar-refractivity contribution < 1.29 is 13.9 Å². The predicted molar refractivity (Wildman–Crippen MR) is 48.6 cm³/mol. The highest BCUT2D eigenvalue weighted by Crippen LogP contribution is 2.46. The van der Waals surface area contributed by atoms with Crippen LogP contribution in [0.2, 0.25) is 0 Å². The van der Waals surface area contributed by atoms with Crippen molar-refractivity contribution in [3.63, 3.8) is 0 Å². The summed E-state index contributed by atoms with van der Waals surface area (Å²) in [5.41, 5.74) is 0.344. The Kier molecular flexibility index (Phi) is 2.27. The largest absolute Gasteiger partial charge is 0.388 e. The fourth-order valence-corrected chi connectivity index (χ4v) is 1.78. The van der Waals surface area contributed by atoms with Gasteiger partial charge >= 0.3 is 0 Å². The first-order valence-electron chi connectivity index (χ1n) is 4.72. The lowest BCUT2D eigenvalue weighted by atomic mass is 10.0. The molecule has 1 fully saturated rings. The van der Waals surface area contributed by atoms with Crippen LogP contribution in [-0.2, 0) is 0 Å². The van der Waals surface area contributed by atoms with E-state index in [2.05, 4.69) is 0 Å². The minimum absolute atomic E-state index is 0.163. The molecule has 0 radical (unpaired) electrons. The van der Waals surface area contributed by atoms with Gasteiger partial charge in [-0.15, -0.1) is 0 Å². The highest BCUT2D eigenvalue weighted by atomic mass is 19.1. The van der Waals surface area contributed by atoms with Gasteiger partial charge in [-0.3, -0.25) is 0 Å². The van der Waals surface area contributed by atoms with Gasteiger partial charge in [-0.05, 0) is 36.0 Å². The van der Waals surface area contributed by atoms with Gasteiger partial charge in [0.15, 0.2) is 0 Å². The van der Waals surface area contributed by atoms with Crippen molar-refractivity contribution >= 4 is 0 Å². The molecule has 1 aromatic rings. The summed E-state index contributed by atoms with van der Waals surface area (Å²) in [6.45, 7) is 2.02. The van der Waals surface area contributed by atoms with Gasteiger partial charge in [-0.2, -0.15) is 0 Å². The van der Waals surface area contributed by atoms with E-state index in [0.29, 0.717) is 11.5 Å². The molecule has 1 nitrogen and oxygen atoms in total. The van der Waals surface area contributed by atoms with Crippen molar-refractivity contribution in [2.45, 2.75) is 19.4 Å². The number of benzene rings is 1. The lowest BCUT2D eigenvalue weighted by Gasteiger charge is -2.10. The average Bonchev–Trinajstić information content (AvgIpc) is 2.79. The molecule has 3 unspecified atom stereocenters. The zero-order valence-electron chi connectivity index (χ0n) is 7.87. The highest BCUT2D eigenvalue weighted by molar-refractivity contribution is 5.22. The van der Waals surface area contributed by atoms with Crippen molar-refractivity contribution in [1.29, 1.82) is 0 Å². The molecule has 1 N–H and O–H groups in total. The molecular weight excluding hydrogens is 186 g/mol. The predicted octanol–water partition coefficient (Wildman–Crippen LogP) is 2.65. The Morgan fingerprint density at radius 3 is 2.21 bits per heavy atom. The van der Waals surface area contributed by atoms with Crippen LogP contribution >= 0.6 is 0 Å². The summed E-state index contributed by atoms with van der Waals surface area (Å²) in [5, 5.41) is 9.75. The molecular formula is C11H12F2O. The summed E-state index contributed by atoms with van der Waals surface area (Å²) >= 11 is 0. The quantitative estimate of drug-likeness (QED) is 0.774. The maximum Gasteiger partial charge on any atom is 0.126 e. The number of aliphatic hydroxyl groups excluding tert-OH is 1. The first-order chi connectivity index (χ1) is 6.58. The third-order valence-electron chi connectivity index (χ3n) is 2.80. The van der Waals surface area contributed by atoms with Crippen LogP contribution in [0.4, 0.5) is 8.78 Å². The van der Waals surface area contributed by atoms with Crippen LogP contribution in [0.25, 0.3) is 0 Å². The van der Waals surface area contributed by atoms with E-state index in [-0.39, 0.29) is 5.92 Å². The van der Waals surface area contributed by atoms with Gasteiger partial charge in [0.1, 0.15) is 11.6 Å². The SMILES string of the molecule is CC1CC1C(O)c1cc(F)cc(F)c1. The van der Waals surface area contributed by atoms with Gasteiger partial charge in [0.25, 0.3) is 0 Å².